The number of rotatable bonds is 4. The highest BCUT2D eigenvalue weighted by Gasteiger charge is 2.15. The second-order valence-corrected chi connectivity index (χ2v) is 5.00. The van der Waals surface area contributed by atoms with Crippen LogP contribution in [0.25, 0.3) is 11.3 Å². The highest BCUT2D eigenvalue weighted by atomic mass is 16.5. The molecule has 0 radical (unpaired) electrons. The van der Waals surface area contributed by atoms with E-state index in [1.54, 1.807) is 37.1 Å². The van der Waals surface area contributed by atoms with Crippen molar-refractivity contribution < 1.29 is 13.9 Å². The number of nitrogens with zero attached hydrogens (tertiary/aromatic N) is 3. The lowest BCUT2D eigenvalue weighted by Gasteiger charge is -2.02. The molecule has 0 aliphatic rings. The fourth-order valence-corrected chi connectivity index (χ4v) is 1.98. The molecule has 3 aromatic heterocycles. The second-order valence-electron chi connectivity index (χ2n) is 5.00. The lowest BCUT2D eigenvalue weighted by Crippen LogP contribution is -2.16. The second kappa shape index (κ2) is 5.91. The minimum Gasteiger partial charge on any atom is -0.453 e. The van der Waals surface area contributed by atoms with Gasteiger partial charge in [-0.3, -0.25) is 14.6 Å². The van der Waals surface area contributed by atoms with Crippen LogP contribution in [0.2, 0.25) is 0 Å². The van der Waals surface area contributed by atoms with Gasteiger partial charge in [-0.15, -0.1) is 0 Å². The lowest BCUT2D eigenvalue weighted by molar-refractivity contribution is 0.0430. The van der Waals surface area contributed by atoms with Crippen molar-refractivity contribution in [2.45, 2.75) is 13.5 Å². The summed E-state index contributed by atoms with van der Waals surface area (Å²) in [5.74, 6) is -0.106. The highest BCUT2D eigenvalue weighted by molar-refractivity contribution is 5.87. The number of furan rings is 1. The van der Waals surface area contributed by atoms with Gasteiger partial charge < -0.3 is 9.15 Å². The van der Waals surface area contributed by atoms with Gasteiger partial charge in [0.1, 0.15) is 18.1 Å². The van der Waals surface area contributed by atoms with Crippen LogP contribution in [-0.4, -0.2) is 25.9 Å². The maximum absolute atomic E-state index is 12.0. The molecule has 0 atom stereocenters. The van der Waals surface area contributed by atoms with Gasteiger partial charge in [0.05, 0.1) is 11.8 Å². The minimum absolute atomic E-state index is 0.0485. The first kappa shape index (κ1) is 14.8. The SMILES string of the molecule is Cc1cc(=O)c(COC(=O)c2ccc(-c3cnn(C)c3)o2)n[nH]1. The molecule has 0 amide bonds. The third-order valence-corrected chi connectivity index (χ3v) is 3.14. The van der Waals surface area contributed by atoms with E-state index in [0.29, 0.717) is 11.5 Å². The highest BCUT2D eigenvalue weighted by Crippen LogP contribution is 2.21. The topological polar surface area (TPSA) is 103 Å². The predicted octanol–water partition coefficient (Wildman–Crippen LogP) is 1.43. The Bertz CT molecular complexity index is 906. The summed E-state index contributed by atoms with van der Waals surface area (Å²) in [5, 5.41) is 10.5. The van der Waals surface area contributed by atoms with Crippen LogP contribution in [0.3, 0.4) is 0 Å². The van der Waals surface area contributed by atoms with Crippen LogP contribution in [0.5, 0.6) is 0 Å². The van der Waals surface area contributed by atoms with Crippen LogP contribution in [0, 0.1) is 6.92 Å². The molecule has 0 saturated carbocycles. The Hall–Kier alpha value is -3.16. The number of aromatic amines is 1. The maximum Gasteiger partial charge on any atom is 0.374 e. The van der Waals surface area contributed by atoms with E-state index in [9.17, 15) is 9.59 Å². The molecule has 0 unspecified atom stereocenters. The molecule has 0 aromatic carbocycles. The van der Waals surface area contributed by atoms with Crippen molar-refractivity contribution in [2.24, 2.45) is 7.05 Å². The van der Waals surface area contributed by atoms with Crippen LogP contribution in [0.1, 0.15) is 21.9 Å². The smallest absolute Gasteiger partial charge is 0.374 e. The summed E-state index contributed by atoms with van der Waals surface area (Å²) in [4.78, 5) is 23.6. The predicted molar refractivity (Wildman–Crippen MR) is 79.6 cm³/mol. The molecule has 8 nitrogen and oxygen atoms in total. The largest absolute Gasteiger partial charge is 0.453 e. The summed E-state index contributed by atoms with van der Waals surface area (Å²) in [6.45, 7) is 1.49. The molecule has 3 heterocycles. The third-order valence-electron chi connectivity index (χ3n) is 3.14. The van der Waals surface area contributed by atoms with Gasteiger partial charge in [0.15, 0.2) is 0 Å². The van der Waals surface area contributed by atoms with Crippen LogP contribution in [-0.2, 0) is 18.4 Å². The molecule has 3 aromatic rings. The number of ether oxygens (including phenoxy) is 1. The average molecular weight is 314 g/mol. The van der Waals surface area contributed by atoms with Crippen molar-refractivity contribution in [1.29, 1.82) is 0 Å². The quantitative estimate of drug-likeness (QED) is 0.731. The molecule has 3 rings (SSSR count). The third kappa shape index (κ3) is 3.20. The molecular formula is C15H14N4O4. The molecule has 1 N–H and O–H groups in total. The van der Waals surface area contributed by atoms with E-state index in [0.717, 1.165) is 5.56 Å². The van der Waals surface area contributed by atoms with Gasteiger partial charge in [-0.2, -0.15) is 10.2 Å². The summed E-state index contributed by atoms with van der Waals surface area (Å²) in [7, 11) is 1.79. The Labute approximate surface area is 130 Å². The standard InChI is InChI=1S/C15H14N4O4/c1-9-5-12(20)11(18-17-9)8-22-15(21)14-4-3-13(23-14)10-6-16-19(2)7-10/h3-7H,8H2,1-2H3,(H,17,20). The fraction of sp³-hybridized carbons (Fsp3) is 0.200. The van der Waals surface area contributed by atoms with Crippen LogP contribution in [0.4, 0.5) is 0 Å². The van der Waals surface area contributed by atoms with Gasteiger partial charge in [-0.25, -0.2) is 4.79 Å². The Morgan fingerprint density at radius 3 is 2.96 bits per heavy atom. The van der Waals surface area contributed by atoms with Crippen LogP contribution in [0.15, 0.2) is 39.8 Å². The maximum atomic E-state index is 12.0. The van der Waals surface area contributed by atoms with Crippen molar-refractivity contribution in [2.75, 3.05) is 0 Å². The molecule has 23 heavy (non-hydrogen) atoms. The van der Waals surface area contributed by atoms with Gasteiger partial charge in [0, 0.05) is 25.0 Å². The molecule has 0 saturated heterocycles. The molecule has 118 valence electrons. The Balaban J connectivity index is 1.69. The first-order chi connectivity index (χ1) is 11.0. The van der Waals surface area contributed by atoms with E-state index in [4.69, 9.17) is 9.15 Å². The number of carbonyl (C=O) groups is 1. The number of hydrogen-bond acceptors (Lipinski definition) is 6. The van der Waals surface area contributed by atoms with Gasteiger partial charge in [-0.1, -0.05) is 0 Å². The zero-order chi connectivity index (χ0) is 16.4. The lowest BCUT2D eigenvalue weighted by atomic mass is 10.3. The van der Waals surface area contributed by atoms with Crippen molar-refractivity contribution in [3.8, 4) is 11.3 Å². The Morgan fingerprint density at radius 1 is 1.43 bits per heavy atom. The van der Waals surface area contributed by atoms with E-state index in [-0.39, 0.29) is 23.5 Å². The zero-order valence-electron chi connectivity index (χ0n) is 12.6. The van der Waals surface area contributed by atoms with Crippen LogP contribution >= 0.6 is 0 Å². The molecule has 0 fully saturated rings. The molecule has 0 spiro atoms. The van der Waals surface area contributed by atoms with E-state index in [1.165, 1.54) is 12.1 Å². The van der Waals surface area contributed by atoms with E-state index >= 15 is 0 Å². The molecule has 0 aliphatic heterocycles. The first-order valence-corrected chi connectivity index (χ1v) is 6.84. The summed E-state index contributed by atoms with van der Waals surface area (Å²) in [5.41, 5.74) is 1.23. The molecular weight excluding hydrogens is 300 g/mol. The first-order valence-electron chi connectivity index (χ1n) is 6.84. The van der Waals surface area contributed by atoms with Crippen molar-refractivity contribution >= 4 is 5.97 Å². The van der Waals surface area contributed by atoms with Crippen molar-refractivity contribution in [3.63, 3.8) is 0 Å². The Kier molecular flexibility index (Phi) is 3.80. The van der Waals surface area contributed by atoms with Gasteiger partial charge in [-0.05, 0) is 19.1 Å². The molecule has 0 aliphatic carbocycles. The number of aryl methyl sites for hydroxylation is 2. The Morgan fingerprint density at radius 2 is 2.26 bits per heavy atom. The summed E-state index contributed by atoms with van der Waals surface area (Å²) < 4.78 is 12.1. The number of H-pyrrole nitrogens is 1. The van der Waals surface area contributed by atoms with Crippen molar-refractivity contribution in [1.82, 2.24) is 20.0 Å². The van der Waals surface area contributed by atoms with Gasteiger partial charge in [0.25, 0.3) is 0 Å². The van der Waals surface area contributed by atoms with Crippen molar-refractivity contribution in [3.05, 3.63) is 58.0 Å². The number of nitrogens with one attached hydrogen (secondary N) is 1. The number of hydrogen-bond donors (Lipinski definition) is 1. The van der Waals surface area contributed by atoms with E-state index < -0.39 is 5.97 Å². The fourth-order valence-electron chi connectivity index (χ4n) is 1.98. The van der Waals surface area contributed by atoms with Gasteiger partial charge in [0.2, 0.25) is 11.2 Å². The number of esters is 1. The summed E-state index contributed by atoms with van der Waals surface area (Å²) >= 11 is 0. The molecule has 0 bridgehead atoms. The minimum atomic E-state index is -0.665. The summed E-state index contributed by atoms with van der Waals surface area (Å²) in [6, 6.07) is 4.56. The van der Waals surface area contributed by atoms with Crippen LogP contribution < -0.4 is 5.43 Å². The normalized spacial score (nSPS) is 10.7. The summed E-state index contributed by atoms with van der Waals surface area (Å²) in [6.07, 6.45) is 3.40. The number of carbonyl (C=O) groups excluding carboxylic acids is 1. The average Bonchev–Trinajstić information content (AvgIpc) is 3.14. The van der Waals surface area contributed by atoms with E-state index in [1.807, 2.05) is 0 Å². The van der Waals surface area contributed by atoms with E-state index in [2.05, 4.69) is 15.3 Å². The monoisotopic (exact) mass is 314 g/mol. The van der Waals surface area contributed by atoms with Gasteiger partial charge >= 0.3 is 5.97 Å². The molecule has 8 heteroatoms. The number of aromatic nitrogens is 4. The zero-order valence-corrected chi connectivity index (χ0v) is 12.6.